The first-order valence-electron chi connectivity index (χ1n) is 7.35. The highest BCUT2D eigenvalue weighted by Crippen LogP contribution is 2.23. The van der Waals surface area contributed by atoms with Crippen LogP contribution in [0.25, 0.3) is 0 Å². The minimum atomic E-state index is -0.403. The third-order valence-electron chi connectivity index (χ3n) is 3.87. The van der Waals surface area contributed by atoms with Crippen molar-refractivity contribution < 1.29 is 5.11 Å². The van der Waals surface area contributed by atoms with Gasteiger partial charge >= 0.3 is 0 Å². The van der Waals surface area contributed by atoms with Gasteiger partial charge in [-0.3, -0.25) is 4.90 Å². The number of aryl methyl sites for hydroxylation is 1. The molecule has 0 aliphatic carbocycles. The van der Waals surface area contributed by atoms with Crippen LogP contribution in [0.2, 0.25) is 0 Å². The van der Waals surface area contributed by atoms with Crippen molar-refractivity contribution in [2.75, 3.05) is 37.6 Å². The van der Waals surface area contributed by atoms with Gasteiger partial charge in [0.05, 0.1) is 6.10 Å². The summed E-state index contributed by atoms with van der Waals surface area (Å²) in [5.74, 6) is 0. The third kappa shape index (κ3) is 3.61. The van der Waals surface area contributed by atoms with Gasteiger partial charge in [-0.05, 0) is 12.5 Å². The number of aliphatic hydroxyl groups excluding tert-OH is 1. The molecule has 0 radical (unpaired) electrons. The van der Waals surface area contributed by atoms with Crippen LogP contribution in [0.15, 0.2) is 36.5 Å². The molecule has 4 nitrogen and oxygen atoms in total. The van der Waals surface area contributed by atoms with Crippen molar-refractivity contribution in [1.82, 2.24) is 9.88 Å². The lowest BCUT2D eigenvalue weighted by Crippen LogP contribution is -2.47. The minimum Gasteiger partial charge on any atom is -0.387 e. The summed E-state index contributed by atoms with van der Waals surface area (Å²) in [4.78, 5) is 10.4. The van der Waals surface area contributed by atoms with Gasteiger partial charge in [-0.25, -0.2) is 4.98 Å². The molecule has 1 aliphatic heterocycles. The summed E-state index contributed by atoms with van der Waals surface area (Å²) < 4.78 is 0. The van der Waals surface area contributed by atoms with E-state index < -0.39 is 6.10 Å². The molecule has 0 amide bonds. The summed E-state index contributed by atoms with van der Waals surface area (Å²) in [5, 5.41) is 11.4. The Labute approximate surface area is 129 Å². The van der Waals surface area contributed by atoms with Gasteiger partial charge in [-0.2, -0.15) is 0 Å². The van der Waals surface area contributed by atoms with Gasteiger partial charge in [-0.15, -0.1) is 11.3 Å². The second-order valence-electron chi connectivity index (χ2n) is 5.47. The van der Waals surface area contributed by atoms with Crippen molar-refractivity contribution in [3.8, 4) is 0 Å². The molecule has 1 N–H and O–H groups in total. The van der Waals surface area contributed by atoms with Crippen molar-refractivity contribution in [3.63, 3.8) is 0 Å². The Kier molecular flexibility index (Phi) is 4.53. The highest BCUT2D eigenvalue weighted by Gasteiger charge is 2.21. The summed E-state index contributed by atoms with van der Waals surface area (Å²) in [7, 11) is 0. The summed E-state index contributed by atoms with van der Waals surface area (Å²) in [6.45, 7) is 6.70. The molecule has 5 heteroatoms. The quantitative estimate of drug-likeness (QED) is 0.941. The van der Waals surface area contributed by atoms with E-state index in [1.54, 1.807) is 11.3 Å². The van der Waals surface area contributed by atoms with Gasteiger partial charge in [0.2, 0.25) is 0 Å². The van der Waals surface area contributed by atoms with Crippen LogP contribution in [0.3, 0.4) is 0 Å². The van der Waals surface area contributed by atoms with Crippen LogP contribution in [-0.2, 0) is 0 Å². The first-order chi connectivity index (χ1) is 10.2. The zero-order chi connectivity index (χ0) is 14.7. The van der Waals surface area contributed by atoms with Crippen molar-refractivity contribution in [3.05, 3.63) is 47.0 Å². The number of nitrogens with zero attached hydrogens (tertiary/aromatic N) is 3. The molecule has 0 spiro atoms. The maximum Gasteiger partial charge on any atom is 0.185 e. The van der Waals surface area contributed by atoms with Crippen LogP contribution < -0.4 is 4.90 Å². The highest BCUT2D eigenvalue weighted by molar-refractivity contribution is 7.15. The number of aliphatic hydroxyl groups is 1. The second-order valence-corrected chi connectivity index (χ2v) is 6.68. The Morgan fingerprint density at radius 3 is 2.52 bits per heavy atom. The summed E-state index contributed by atoms with van der Waals surface area (Å²) in [6, 6.07) is 9.89. The molecule has 0 bridgehead atoms. The second kappa shape index (κ2) is 6.56. The molecule has 1 aromatic heterocycles. The normalized spacial score (nSPS) is 17.9. The van der Waals surface area contributed by atoms with E-state index >= 15 is 0 Å². The van der Waals surface area contributed by atoms with Gasteiger partial charge in [0.25, 0.3) is 0 Å². The summed E-state index contributed by atoms with van der Waals surface area (Å²) >= 11 is 1.75. The van der Waals surface area contributed by atoms with Gasteiger partial charge < -0.3 is 10.0 Å². The molecule has 1 aromatic carbocycles. The highest BCUT2D eigenvalue weighted by atomic mass is 32.1. The van der Waals surface area contributed by atoms with Crippen LogP contribution in [0.5, 0.6) is 0 Å². The monoisotopic (exact) mass is 303 g/mol. The number of thiazole rings is 1. The van der Waals surface area contributed by atoms with E-state index in [2.05, 4.69) is 21.7 Å². The Morgan fingerprint density at radius 1 is 1.19 bits per heavy atom. The van der Waals surface area contributed by atoms with E-state index in [1.165, 1.54) is 4.88 Å². The van der Waals surface area contributed by atoms with Gasteiger partial charge in [-0.1, -0.05) is 30.3 Å². The largest absolute Gasteiger partial charge is 0.387 e. The fourth-order valence-electron chi connectivity index (χ4n) is 2.64. The molecule has 1 fully saturated rings. The predicted octanol–water partition coefficient (Wildman–Crippen LogP) is 2.31. The van der Waals surface area contributed by atoms with E-state index in [9.17, 15) is 5.11 Å². The van der Waals surface area contributed by atoms with E-state index in [0.717, 1.165) is 36.9 Å². The Morgan fingerprint density at radius 2 is 1.90 bits per heavy atom. The van der Waals surface area contributed by atoms with E-state index in [1.807, 2.05) is 36.5 Å². The molecule has 2 heterocycles. The molecule has 1 saturated heterocycles. The standard InChI is InChI=1S/C16H21N3OS/c1-13-11-17-16(21-13)19-9-7-18(8-10-19)12-15(20)14-5-3-2-4-6-14/h2-6,11,15,20H,7-10,12H2,1H3. The Balaban J connectivity index is 1.52. The maximum atomic E-state index is 10.3. The van der Waals surface area contributed by atoms with Crippen LogP contribution in [0.4, 0.5) is 5.13 Å². The van der Waals surface area contributed by atoms with Gasteiger partial charge in [0.15, 0.2) is 5.13 Å². The van der Waals surface area contributed by atoms with Crippen LogP contribution in [0.1, 0.15) is 16.5 Å². The van der Waals surface area contributed by atoms with Crippen LogP contribution in [0, 0.1) is 6.92 Å². The molecule has 1 atom stereocenters. The number of β-amino-alcohol motifs (C(OH)–C–C–N with tert-alkyl or cyclic N) is 1. The fraction of sp³-hybridized carbons (Fsp3) is 0.438. The molecule has 3 rings (SSSR count). The molecule has 21 heavy (non-hydrogen) atoms. The summed E-state index contributed by atoms with van der Waals surface area (Å²) in [6.07, 6.45) is 1.53. The van der Waals surface area contributed by atoms with Crippen LogP contribution >= 0.6 is 11.3 Å². The minimum absolute atomic E-state index is 0.403. The van der Waals surface area contributed by atoms with E-state index in [4.69, 9.17) is 0 Å². The summed E-state index contributed by atoms with van der Waals surface area (Å²) in [5.41, 5.74) is 0.996. The third-order valence-corrected chi connectivity index (χ3v) is 4.84. The van der Waals surface area contributed by atoms with E-state index in [-0.39, 0.29) is 0 Å². The average molecular weight is 303 g/mol. The number of piperazine rings is 1. The Bertz CT molecular complexity index is 564. The number of rotatable bonds is 4. The number of hydrogen-bond acceptors (Lipinski definition) is 5. The molecular formula is C16H21N3OS. The molecular weight excluding hydrogens is 282 g/mol. The molecule has 2 aromatic rings. The van der Waals surface area contributed by atoms with Crippen molar-refractivity contribution in [2.45, 2.75) is 13.0 Å². The van der Waals surface area contributed by atoms with Gasteiger partial charge in [0, 0.05) is 43.8 Å². The molecule has 1 aliphatic rings. The smallest absolute Gasteiger partial charge is 0.185 e. The first-order valence-corrected chi connectivity index (χ1v) is 8.17. The molecule has 112 valence electrons. The SMILES string of the molecule is Cc1cnc(N2CCN(CC(O)c3ccccc3)CC2)s1. The van der Waals surface area contributed by atoms with Gasteiger partial charge in [0.1, 0.15) is 0 Å². The van der Waals surface area contributed by atoms with Crippen molar-refractivity contribution >= 4 is 16.5 Å². The Hall–Kier alpha value is -1.43. The lowest BCUT2D eigenvalue weighted by Gasteiger charge is -2.35. The zero-order valence-electron chi connectivity index (χ0n) is 12.3. The topological polar surface area (TPSA) is 39.6 Å². The number of anilines is 1. The lowest BCUT2D eigenvalue weighted by atomic mass is 10.1. The molecule has 1 unspecified atom stereocenters. The number of hydrogen-bond donors (Lipinski definition) is 1. The lowest BCUT2D eigenvalue weighted by molar-refractivity contribution is 0.109. The van der Waals surface area contributed by atoms with E-state index in [0.29, 0.717) is 6.54 Å². The predicted molar refractivity (Wildman–Crippen MR) is 86.9 cm³/mol. The average Bonchev–Trinajstić information content (AvgIpc) is 2.95. The molecule has 0 saturated carbocycles. The number of aromatic nitrogens is 1. The first kappa shape index (κ1) is 14.5. The maximum absolute atomic E-state index is 10.3. The zero-order valence-corrected chi connectivity index (χ0v) is 13.1. The number of benzene rings is 1. The van der Waals surface area contributed by atoms with Crippen molar-refractivity contribution in [1.29, 1.82) is 0 Å². The van der Waals surface area contributed by atoms with Crippen molar-refractivity contribution in [2.24, 2.45) is 0 Å². The van der Waals surface area contributed by atoms with Crippen LogP contribution in [-0.4, -0.2) is 47.7 Å². The fourth-order valence-corrected chi connectivity index (χ4v) is 3.45.